The molecule has 3 aromatic rings. The topological polar surface area (TPSA) is 75.9 Å². The van der Waals surface area contributed by atoms with E-state index in [0.29, 0.717) is 17.0 Å². The SMILES string of the molecule is O=C(C1CCN(c2ccnc3ccnn23)CC1(F)F)N1CCOc2c(F)cncc2C1. The monoisotopic (exact) mass is 432 g/mol. The Hall–Kier alpha value is -3.37. The van der Waals surface area contributed by atoms with Gasteiger partial charge in [-0.05, 0) is 12.5 Å². The van der Waals surface area contributed by atoms with Crippen molar-refractivity contribution in [1.29, 1.82) is 0 Å². The summed E-state index contributed by atoms with van der Waals surface area (Å²) >= 11 is 0. The van der Waals surface area contributed by atoms with Crippen LogP contribution in [0.2, 0.25) is 0 Å². The molecule has 0 aliphatic carbocycles. The Balaban J connectivity index is 1.36. The van der Waals surface area contributed by atoms with E-state index in [1.165, 1.54) is 20.5 Å². The number of rotatable bonds is 2. The first-order valence-electron chi connectivity index (χ1n) is 9.89. The summed E-state index contributed by atoms with van der Waals surface area (Å²) < 4.78 is 51.1. The summed E-state index contributed by atoms with van der Waals surface area (Å²) in [6.45, 7) is -0.241. The molecule has 0 radical (unpaired) electrons. The van der Waals surface area contributed by atoms with Crippen molar-refractivity contribution in [1.82, 2.24) is 24.5 Å². The highest BCUT2D eigenvalue weighted by Gasteiger charge is 2.50. The van der Waals surface area contributed by atoms with Crippen LogP contribution in [0, 0.1) is 11.7 Å². The molecule has 1 atom stereocenters. The molecule has 11 heteroatoms. The maximum absolute atomic E-state index is 15.2. The fourth-order valence-corrected chi connectivity index (χ4v) is 4.19. The number of ether oxygens (including phenoxy) is 1. The maximum Gasteiger partial charge on any atom is 0.276 e. The molecule has 5 heterocycles. The normalized spacial score (nSPS) is 20.8. The third kappa shape index (κ3) is 3.43. The average Bonchev–Trinajstić information content (AvgIpc) is 3.11. The zero-order valence-corrected chi connectivity index (χ0v) is 16.4. The van der Waals surface area contributed by atoms with Gasteiger partial charge < -0.3 is 14.5 Å². The fraction of sp³-hybridized carbons (Fsp3) is 0.400. The van der Waals surface area contributed by atoms with E-state index in [1.807, 2.05) is 0 Å². The number of alkyl halides is 2. The van der Waals surface area contributed by atoms with E-state index in [1.54, 1.807) is 24.5 Å². The van der Waals surface area contributed by atoms with E-state index in [-0.39, 0.29) is 38.4 Å². The van der Waals surface area contributed by atoms with Gasteiger partial charge in [0, 0.05) is 30.6 Å². The quantitative estimate of drug-likeness (QED) is 0.618. The van der Waals surface area contributed by atoms with Crippen molar-refractivity contribution in [2.45, 2.75) is 18.9 Å². The molecule has 2 aliphatic heterocycles. The van der Waals surface area contributed by atoms with E-state index < -0.39 is 30.1 Å². The van der Waals surface area contributed by atoms with Crippen LogP contribution in [0.25, 0.3) is 5.65 Å². The lowest BCUT2D eigenvalue weighted by Gasteiger charge is -2.40. The number of nitrogens with zero attached hydrogens (tertiary/aromatic N) is 6. The first-order chi connectivity index (χ1) is 14.9. The Morgan fingerprint density at radius 2 is 2.06 bits per heavy atom. The van der Waals surface area contributed by atoms with E-state index in [4.69, 9.17) is 4.74 Å². The van der Waals surface area contributed by atoms with Crippen LogP contribution in [0.4, 0.5) is 19.0 Å². The van der Waals surface area contributed by atoms with E-state index in [2.05, 4.69) is 15.1 Å². The molecule has 8 nitrogen and oxygen atoms in total. The molecule has 3 aromatic heterocycles. The zero-order chi connectivity index (χ0) is 21.6. The second kappa shape index (κ2) is 7.40. The molecule has 1 fully saturated rings. The first-order valence-corrected chi connectivity index (χ1v) is 9.89. The van der Waals surface area contributed by atoms with Crippen LogP contribution >= 0.6 is 0 Å². The number of hydrogen-bond donors (Lipinski definition) is 0. The number of piperidine rings is 1. The van der Waals surface area contributed by atoms with Gasteiger partial charge in [-0.15, -0.1) is 0 Å². The van der Waals surface area contributed by atoms with Gasteiger partial charge >= 0.3 is 0 Å². The predicted octanol–water partition coefficient (Wildman–Crippen LogP) is 2.15. The van der Waals surface area contributed by atoms with Crippen molar-refractivity contribution in [2.75, 3.05) is 31.1 Å². The molecule has 0 N–H and O–H groups in total. The fourth-order valence-electron chi connectivity index (χ4n) is 4.19. The highest BCUT2D eigenvalue weighted by Crippen LogP contribution is 2.37. The lowest BCUT2D eigenvalue weighted by molar-refractivity contribution is -0.152. The number of fused-ring (bicyclic) bond motifs is 2. The smallest absolute Gasteiger partial charge is 0.276 e. The molecular formula is C20H19F3N6O2. The summed E-state index contributed by atoms with van der Waals surface area (Å²) in [5, 5.41) is 4.15. The van der Waals surface area contributed by atoms with E-state index in [9.17, 15) is 9.18 Å². The summed E-state index contributed by atoms with van der Waals surface area (Å²) in [4.78, 5) is 23.8. The summed E-state index contributed by atoms with van der Waals surface area (Å²) in [6.07, 6.45) is 5.49. The molecular weight excluding hydrogens is 413 g/mol. The van der Waals surface area contributed by atoms with Gasteiger partial charge in [0.2, 0.25) is 5.91 Å². The highest BCUT2D eigenvalue weighted by atomic mass is 19.3. The molecule has 162 valence electrons. The molecule has 1 saturated heterocycles. The molecule has 1 amide bonds. The van der Waals surface area contributed by atoms with Gasteiger partial charge in [0.15, 0.2) is 17.2 Å². The van der Waals surface area contributed by atoms with Crippen LogP contribution in [0.3, 0.4) is 0 Å². The summed E-state index contributed by atoms with van der Waals surface area (Å²) in [5.41, 5.74) is 0.924. The molecule has 0 aromatic carbocycles. The number of aromatic nitrogens is 4. The number of anilines is 1. The highest BCUT2D eigenvalue weighted by molar-refractivity contribution is 5.80. The van der Waals surface area contributed by atoms with Crippen LogP contribution in [0.15, 0.2) is 36.9 Å². The van der Waals surface area contributed by atoms with Gasteiger partial charge in [-0.1, -0.05) is 0 Å². The first kappa shape index (κ1) is 19.6. The summed E-state index contributed by atoms with van der Waals surface area (Å²) in [6, 6.07) is 3.32. The van der Waals surface area contributed by atoms with Gasteiger partial charge in [0.1, 0.15) is 18.3 Å². The van der Waals surface area contributed by atoms with Crippen molar-refractivity contribution in [3.05, 3.63) is 48.3 Å². The standard InChI is InChI=1S/C20H19F3N6O2/c21-15-10-24-9-13-11-27(7-8-31-18(13)15)19(30)14-3-6-28(12-20(14,22)23)17-2-4-25-16-1-5-26-29(16)17/h1-2,4-5,9-10,14H,3,6-8,11-12H2. The molecule has 5 rings (SSSR count). The molecule has 0 spiro atoms. The van der Waals surface area contributed by atoms with Crippen molar-refractivity contribution in [3.63, 3.8) is 0 Å². The van der Waals surface area contributed by atoms with Crippen molar-refractivity contribution in [3.8, 4) is 5.75 Å². The minimum Gasteiger partial charge on any atom is -0.488 e. The van der Waals surface area contributed by atoms with E-state index >= 15 is 8.78 Å². The Bertz CT molecular complexity index is 1140. The van der Waals surface area contributed by atoms with Crippen molar-refractivity contribution < 1.29 is 22.7 Å². The molecule has 0 saturated carbocycles. The van der Waals surface area contributed by atoms with Crippen LogP contribution in [0.1, 0.15) is 12.0 Å². The van der Waals surface area contributed by atoms with Gasteiger partial charge in [0.05, 0.1) is 32.0 Å². The van der Waals surface area contributed by atoms with Crippen LogP contribution in [-0.2, 0) is 11.3 Å². The third-order valence-electron chi connectivity index (χ3n) is 5.70. The van der Waals surface area contributed by atoms with E-state index in [0.717, 1.165) is 6.20 Å². The third-order valence-corrected chi connectivity index (χ3v) is 5.70. The Kier molecular flexibility index (Phi) is 4.67. The number of carbonyl (C=O) groups is 1. The molecule has 0 bridgehead atoms. The van der Waals surface area contributed by atoms with Gasteiger partial charge in [-0.2, -0.15) is 9.61 Å². The largest absolute Gasteiger partial charge is 0.488 e. The summed E-state index contributed by atoms with van der Waals surface area (Å²) in [7, 11) is 0. The second-order valence-corrected chi connectivity index (χ2v) is 7.65. The lowest BCUT2D eigenvalue weighted by atomic mass is 9.91. The minimum atomic E-state index is -3.26. The van der Waals surface area contributed by atoms with Gasteiger partial charge in [0.25, 0.3) is 5.92 Å². The number of pyridine rings is 1. The molecule has 31 heavy (non-hydrogen) atoms. The summed E-state index contributed by atoms with van der Waals surface area (Å²) in [5.74, 6) is -5.50. The Morgan fingerprint density at radius 1 is 1.19 bits per heavy atom. The number of carbonyl (C=O) groups excluding carboxylic acids is 1. The predicted molar refractivity (Wildman–Crippen MR) is 103 cm³/mol. The van der Waals surface area contributed by atoms with Crippen molar-refractivity contribution in [2.24, 2.45) is 5.92 Å². The number of amides is 1. The van der Waals surface area contributed by atoms with Gasteiger partial charge in [-0.25, -0.2) is 18.2 Å². The van der Waals surface area contributed by atoms with Crippen LogP contribution < -0.4 is 9.64 Å². The van der Waals surface area contributed by atoms with Gasteiger partial charge in [-0.3, -0.25) is 9.78 Å². The molecule has 1 unspecified atom stereocenters. The second-order valence-electron chi connectivity index (χ2n) is 7.65. The Labute approximate surface area is 175 Å². The number of hydrogen-bond acceptors (Lipinski definition) is 6. The molecule has 2 aliphatic rings. The maximum atomic E-state index is 15.2. The zero-order valence-electron chi connectivity index (χ0n) is 16.4. The average molecular weight is 432 g/mol. The minimum absolute atomic E-state index is 0.0204. The Morgan fingerprint density at radius 3 is 2.90 bits per heavy atom. The van der Waals surface area contributed by atoms with Crippen molar-refractivity contribution >= 4 is 17.4 Å². The van der Waals surface area contributed by atoms with Crippen LogP contribution in [0.5, 0.6) is 5.75 Å². The lowest BCUT2D eigenvalue weighted by Crippen LogP contribution is -2.55. The van der Waals surface area contributed by atoms with Crippen LogP contribution in [-0.4, -0.2) is 62.6 Å². The number of halogens is 3.